The maximum absolute atomic E-state index is 12.7. The van der Waals surface area contributed by atoms with Gasteiger partial charge in [-0.05, 0) is 37.6 Å². The van der Waals surface area contributed by atoms with Crippen LogP contribution in [0.25, 0.3) is 0 Å². The molecule has 6 heteroatoms. The molecule has 0 spiro atoms. The average Bonchev–Trinajstić information content (AvgIpc) is 2.30. The Morgan fingerprint density at radius 3 is 2.50 bits per heavy atom. The number of nitrogens with one attached hydrogen (secondary N) is 2. The summed E-state index contributed by atoms with van der Waals surface area (Å²) in [6.45, 7) is 2.17. The Balaban J connectivity index is 2.31. The van der Waals surface area contributed by atoms with Gasteiger partial charge in [0.15, 0.2) is 0 Å². The molecule has 0 heterocycles. The Kier molecular flexibility index (Phi) is 5.26. The summed E-state index contributed by atoms with van der Waals surface area (Å²) in [6.07, 6.45) is 0.661. The zero-order chi connectivity index (χ0) is 13.5. The molecule has 1 unspecified atom stereocenters. The zero-order valence-corrected chi connectivity index (χ0v) is 10.1. The van der Waals surface area contributed by atoms with Crippen LogP contribution in [0.15, 0.2) is 24.3 Å². The van der Waals surface area contributed by atoms with E-state index >= 15 is 0 Å². The monoisotopic (exact) mass is 253 g/mol. The molecule has 1 aromatic carbocycles. The predicted octanol–water partition coefficient (Wildman–Crippen LogP) is 0.541. The second-order valence-electron chi connectivity index (χ2n) is 3.91. The first-order valence-corrected chi connectivity index (χ1v) is 5.57. The van der Waals surface area contributed by atoms with Gasteiger partial charge in [-0.25, -0.2) is 9.18 Å². The number of nitrogens with two attached hydrogens (primary N) is 1. The topological polar surface area (TPSA) is 84.2 Å². The summed E-state index contributed by atoms with van der Waals surface area (Å²) in [5, 5.41) is 4.92. The van der Waals surface area contributed by atoms with E-state index in [1.165, 1.54) is 12.1 Å². The van der Waals surface area contributed by atoms with Crippen molar-refractivity contribution < 1.29 is 14.0 Å². The molecule has 5 nitrogen and oxygen atoms in total. The lowest BCUT2D eigenvalue weighted by Gasteiger charge is -2.12. The molecule has 0 aliphatic rings. The van der Waals surface area contributed by atoms with Crippen LogP contribution in [0.2, 0.25) is 0 Å². The summed E-state index contributed by atoms with van der Waals surface area (Å²) in [5.41, 5.74) is 5.80. The molecule has 1 rings (SSSR count). The van der Waals surface area contributed by atoms with E-state index in [-0.39, 0.29) is 5.82 Å². The van der Waals surface area contributed by atoms with E-state index in [0.717, 1.165) is 5.56 Å². The number of benzene rings is 1. The lowest BCUT2D eigenvalue weighted by molar-refractivity contribution is -0.121. The Labute approximate surface area is 105 Å². The molecule has 98 valence electrons. The predicted molar refractivity (Wildman–Crippen MR) is 65.3 cm³/mol. The molecule has 0 bridgehead atoms. The van der Waals surface area contributed by atoms with Crippen LogP contribution in [0.5, 0.6) is 0 Å². The average molecular weight is 253 g/mol. The Bertz CT molecular complexity index is 420. The highest BCUT2D eigenvalue weighted by molar-refractivity contribution is 5.96. The fourth-order valence-corrected chi connectivity index (χ4v) is 1.41. The van der Waals surface area contributed by atoms with Gasteiger partial charge in [0.1, 0.15) is 5.82 Å². The van der Waals surface area contributed by atoms with Gasteiger partial charge in [-0.2, -0.15) is 0 Å². The number of rotatable bonds is 5. The maximum atomic E-state index is 12.7. The molecule has 4 N–H and O–H groups in total. The minimum atomic E-state index is -0.868. The van der Waals surface area contributed by atoms with Crippen LogP contribution in [-0.2, 0) is 11.2 Å². The molecule has 0 aliphatic carbocycles. The number of carbonyl (C=O) groups is 2. The second kappa shape index (κ2) is 6.70. The molecule has 18 heavy (non-hydrogen) atoms. The number of primary amides is 1. The van der Waals surface area contributed by atoms with Gasteiger partial charge in [0.25, 0.3) is 0 Å². The Morgan fingerprint density at radius 2 is 1.94 bits per heavy atom. The van der Waals surface area contributed by atoms with Crippen LogP contribution in [0.4, 0.5) is 9.18 Å². The minimum absolute atomic E-state index is 0.277. The van der Waals surface area contributed by atoms with Crippen molar-refractivity contribution in [3.8, 4) is 0 Å². The van der Waals surface area contributed by atoms with Crippen LogP contribution < -0.4 is 16.4 Å². The number of hydrogen-bond donors (Lipinski definition) is 3. The molecule has 0 aromatic heterocycles. The zero-order valence-electron chi connectivity index (χ0n) is 10.1. The first-order valence-electron chi connectivity index (χ1n) is 5.57. The molecule has 0 radical (unpaired) electrons. The summed E-state index contributed by atoms with van der Waals surface area (Å²) in [7, 11) is 0. The van der Waals surface area contributed by atoms with E-state index in [9.17, 15) is 14.0 Å². The summed E-state index contributed by atoms with van der Waals surface area (Å²) < 4.78 is 12.7. The van der Waals surface area contributed by atoms with Crippen LogP contribution in [-0.4, -0.2) is 24.5 Å². The van der Waals surface area contributed by atoms with Crippen molar-refractivity contribution in [2.75, 3.05) is 6.54 Å². The molecule has 0 saturated carbocycles. The summed E-state index contributed by atoms with van der Waals surface area (Å²) in [6, 6.07) is 4.76. The smallest absolute Gasteiger partial charge is 0.318 e. The summed E-state index contributed by atoms with van der Waals surface area (Å²) >= 11 is 0. The highest BCUT2D eigenvalue weighted by Gasteiger charge is 2.12. The third-order valence-corrected chi connectivity index (χ3v) is 2.42. The molecular weight excluding hydrogens is 237 g/mol. The lowest BCUT2D eigenvalue weighted by atomic mass is 10.1. The number of halogens is 1. The van der Waals surface area contributed by atoms with E-state index in [0.29, 0.717) is 13.0 Å². The number of carbonyl (C=O) groups excluding carboxylic acids is 2. The largest absolute Gasteiger partial charge is 0.351 e. The maximum Gasteiger partial charge on any atom is 0.318 e. The van der Waals surface area contributed by atoms with Crippen molar-refractivity contribution in [2.24, 2.45) is 5.73 Å². The van der Waals surface area contributed by atoms with E-state index in [1.807, 2.05) is 5.32 Å². The number of hydrogen-bond acceptors (Lipinski definition) is 3. The highest BCUT2D eigenvalue weighted by atomic mass is 19.1. The van der Waals surface area contributed by atoms with Gasteiger partial charge in [-0.1, -0.05) is 12.1 Å². The van der Waals surface area contributed by atoms with Crippen molar-refractivity contribution in [2.45, 2.75) is 19.4 Å². The van der Waals surface area contributed by atoms with Gasteiger partial charge in [-0.3, -0.25) is 10.1 Å². The second-order valence-corrected chi connectivity index (χ2v) is 3.91. The molecule has 3 amide bonds. The quantitative estimate of drug-likeness (QED) is 0.716. The van der Waals surface area contributed by atoms with E-state index in [2.05, 4.69) is 5.32 Å². The first kappa shape index (κ1) is 14.1. The normalized spacial score (nSPS) is 11.9. The van der Waals surface area contributed by atoms with Crippen molar-refractivity contribution in [3.63, 3.8) is 0 Å². The van der Waals surface area contributed by atoms with Crippen molar-refractivity contribution in [1.29, 1.82) is 0 Å². The van der Waals surface area contributed by atoms with Gasteiger partial charge < -0.3 is 11.1 Å². The number of imide groups is 1. The van der Waals surface area contributed by atoms with Crippen molar-refractivity contribution >= 4 is 11.9 Å². The summed E-state index contributed by atoms with van der Waals surface area (Å²) in [4.78, 5) is 21.8. The fraction of sp³-hybridized carbons (Fsp3) is 0.333. The van der Waals surface area contributed by atoms with Crippen LogP contribution in [0.3, 0.4) is 0 Å². The Morgan fingerprint density at radius 1 is 1.33 bits per heavy atom. The SMILES string of the molecule is CC(NCCc1ccc(F)cc1)C(=O)NC(N)=O. The third-order valence-electron chi connectivity index (χ3n) is 2.42. The van der Waals surface area contributed by atoms with Gasteiger partial charge in [0.05, 0.1) is 6.04 Å². The molecule has 0 saturated heterocycles. The minimum Gasteiger partial charge on any atom is -0.351 e. The van der Waals surface area contributed by atoms with E-state index in [4.69, 9.17) is 5.73 Å². The first-order chi connectivity index (χ1) is 8.49. The fourth-order valence-electron chi connectivity index (χ4n) is 1.41. The van der Waals surface area contributed by atoms with E-state index < -0.39 is 18.0 Å². The Hall–Kier alpha value is -1.95. The van der Waals surface area contributed by atoms with Crippen LogP contribution in [0, 0.1) is 5.82 Å². The van der Waals surface area contributed by atoms with Crippen LogP contribution in [0.1, 0.15) is 12.5 Å². The van der Waals surface area contributed by atoms with Crippen molar-refractivity contribution in [1.82, 2.24) is 10.6 Å². The van der Waals surface area contributed by atoms with E-state index in [1.54, 1.807) is 19.1 Å². The van der Waals surface area contributed by atoms with Crippen LogP contribution >= 0.6 is 0 Å². The number of urea groups is 1. The lowest BCUT2D eigenvalue weighted by Crippen LogP contribution is -2.46. The summed E-state index contributed by atoms with van der Waals surface area (Å²) in [5.74, 6) is -0.748. The number of amides is 3. The van der Waals surface area contributed by atoms with Gasteiger partial charge in [0, 0.05) is 0 Å². The molecule has 1 atom stereocenters. The van der Waals surface area contributed by atoms with Gasteiger partial charge >= 0.3 is 6.03 Å². The molecule has 0 aliphatic heterocycles. The van der Waals surface area contributed by atoms with Gasteiger partial charge in [-0.15, -0.1) is 0 Å². The molecule has 0 fully saturated rings. The molecular formula is C12H16FN3O2. The standard InChI is InChI=1S/C12H16FN3O2/c1-8(11(17)16-12(14)18)15-7-6-9-2-4-10(13)5-3-9/h2-5,8,15H,6-7H2,1H3,(H3,14,16,17,18). The third kappa shape index (κ3) is 4.92. The van der Waals surface area contributed by atoms with Crippen molar-refractivity contribution in [3.05, 3.63) is 35.6 Å². The van der Waals surface area contributed by atoms with Gasteiger partial charge in [0.2, 0.25) is 5.91 Å². The molecule has 1 aromatic rings. The highest BCUT2D eigenvalue weighted by Crippen LogP contribution is 2.02.